The molecule has 0 fully saturated rings. The summed E-state index contributed by atoms with van der Waals surface area (Å²) < 4.78 is 1.10. The summed E-state index contributed by atoms with van der Waals surface area (Å²) >= 11 is 7.51. The van der Waals surface area contributed by atoms with Crippen LogP contribution in [0.2, 0.25) is 5.15 Å². The van der Waals surface area contributed by atoms with Crippen molar-refractivity contribution in [3.8, 4) is 0 Å². The number of carbonyl (C=O) groups excluding carboxylic acids is 1. The van der Waals surface area contributed by atoms with E-state index in [1.807, 2.05) is 25.1 Å². The quantitative estimate of drug-likeness (QED) is 0.626. The molecule has 0 spiro atoms. The van der Waals surface area contributed by atoms with Crippen molar-refractivity contribution >= 4 is 55.5 Å². The number of carbonyl (C=O) groups is 1. The lowest BCUT2D eigenvalue weighted by Gasteiger charge is -2.07. The van der Waals surface area contributed by atoms with E-state index < -0.39 is 0 Å². The van der Waals surface area contributed by atoms with E-state index in [2.05, 4.69) is 10.3 Å². The fourth-order valence-corrected chi connectivity index (χ4v) is 4.04. The molecular formula is C15H13ClN3OS+. The van der Waals surface area contributed by atoms with Gasteiger partial charge in [-0.25, -0.2) is 9.78 Å². The van der Waals surface area contributed by atoms with Gasteiger partial charge in [0.1, 0.15) is 11.2 Å². The standard InChI is InChI=1S/C15H12ClN3OS/c1-7-6-17-13-12-8-2-5-11(16)19-9(8)3-4-10(12)21-14(13)15(20)18-7/h2-5,7,17H,6H2,1H3,(H,18,20)/p+1. The van der Waals surface area contributed by atoms with Crippen LogP contribution >= 0.6 is 22.9 Å². The van der Waals surface area contributed by atoms with Gasteiger partial charge in [-0.2, -0.15) is 0 Å². The van der Waals surface area contributed by atoms with Crippen molar-refractivity contribution in [1.29, 1.82) is 0 Å². The summed E-state index contributed by atoms with van der Waals surface area (Å²) in [5.74, 6) is 0.110. The van der Waals surface area contributed by atoms with Crippen LogP contribution in [0.5, 0.6) is 0 Å². The Morgan fingerprint density at radius 2 is 2.24 bits per heavy atom. The number of nitrogens with one attached hydrogen (secondary N) is 1. The number of nitrogens with zero attached hydrogens (tertiary/aromatic N) is 1. The van der Waals surface area contributed by atoms with E-state index in [0.29, 0.717) is 5.15 Å². The van der Waals surface area contributed by atoms with Gasteiger partial charge in [0, 0.05) is 15.5 Å². The Balaban J connectivity index is 2.08. The number of nitrogens with two attached hydrogens (primary N) is 1. The summed E-state index contributed by atoms with van der Waals surface area (Å²) in [7, 11) is 0. The van der Waals surface area contributed by atoms with Gasteiger partial charge in [-0.1, -0.05) is 11.6 Å². The first-order valence-electron chi connectivity index (χ1n) is 6.78. The minimum atomic E-state index is 0.110. The predicted octanol–water partition coefficient (Wildman–Crippen LogP) is 2.62. The Morgan fingerprint density at radius 1 is 1.38 bits per heavy atom. The van der Waals surface area contributed by atoms with Crippen LogP contribution in [0, 0.1) is 0 Å². The fraction of sp³-hybridized carbons (Fsp3) is 0.200. The average Bonchev–Trinajstić information content (AvgIpc) is 2.77. The van der Waals surface area contributed by atoms with Crippen LogP contribution in [0.3, 0.4) is 0 Å². The Kier molecular flexibility index (Phi) is 2.89. The number of hydrogen-bond acceptors (Lipinski definition) is 4. The second kappa shape index (κ2) is 4.66. The van der Waals surface area contributed by atoms with Crippen LogP contribution in [0.1, 0.15) is 16.6 Å². The first-order chi connectivity index (χ1) is 10.1. The molecule has 21 heavy (non-hydrogen) atoms. The third kappa shape index (κ3) is 2.00. The summed E-state index contributed by atoms with van der Waals surface area (Å²) in [6.07, 6.45) is 0. The number of rotatable bonds is 0. The summed E-state index contributed by atoms with van der Waals surface area (Å²) in [6.45, 7) is 2.81. The van der Waals surface area contributed by atoms with Crippen LogP contribution in [0.15, 0.2) is 24.3 Å². The Hall–Kier alpha value is -1.69. The molecule has 1 aromatic carbocycles. The number of pyridine rings is 1. The number of fused-ring (bicyclic) bond motifs is 5. The highest BCUT2D eigenvalue weighted by Gasteiger charge is 2.28. The molecule has 4 nitrogen and oxygen atoms in total. The van der Waals surface area contributed by atoms with Gasteiger partial charge >= 0.3 is 5.91 Å². The molecule has 3 N–H and O–H groups in total. The van der Waals surface area contributed by atoms with Gasteiger partial charge in [-0.05, 0) is 31.2 Å². The third-order valence-corrected chi connectivity index (χ3v) is 5.13. The van der Waals surface area contributed by atoms with E-state index in [9.17, 15) is 4.79 Å². The lowest BCUT2D eigenvalue weighted by Crippen LogP contribution is -2.93. The highest BCUT2D eigenvalue weighted by Crippen LogP contribution is 2.40. The van der Waals surface area contributed by atoms with E-state index in [1.54, 1.807) is 11.4 Å². The maximum atomic E-state index is 12.4. The number of thiophene rings is 1. The minimum absolute atomic E-state index is 0.110. The lowest BCUT2D eigenvalue weighted by molar-refractivity contribution is -0.586. The van der Waals surface area contributed by atoms with E-state index in [0.717, 1.165) is 38.1 Å². The second-order valence-corrected chi connectivity index (χ2v) is 6.77. The molecule has 0 radical (unpaired) electrons. The molecule has 1 aliphatic rings. The number of primary amides is 1. The molecule has 1 atom stereocenters. The molecule has 0 saturated carbocycles. The molecule has 0 saturated heterocycles. The lowest BCUT2D eigenvalue weighted by atomic mass is 10.1. The molecule has 1 amide bonds. The first kappa shape index (κ1) is 13.0. The SMILES string of the molecule is CC1CNc2c(sc3ccc4nc(Cl)ccc4c23)C(=O)[NH2+]1. The fourth-order valence-electron chi connectivity index (χ4n) is 2.77. The number of amides is 1. The van der Waals surface area contributed by atoms with Crippen molar-refractivity contribution in [2.45, 2.75) is 13.0 Å². The van der Waals surface area contributed by atoms with E-state index >= 15 is 0 Å². The molecule has 1 unspecified atom stereocenters. The number of hydrogen-bond donors (Lipinski definition) is 2. The zero-order valence-corrected chi connectivity index (χ0v) is 12.9. The van der Waals surface area contributed by atoms with Gasteiger partial charge in [-0.3, -0.25) is 5.32 Å². The van der Waals surface area contributed by atoms with Crippen molar-refractivity contribution in [2.75, 3.05) is 11.9 Å². The summed E-state index contributed by atoms with van der Waals surface area (Å²) in [5.41, 5.74) is 1.79. The highest BCUT2D eigenvalue weighted by atomic mass is 35.5. The molecule has 3 aromatic rings. The predicted molar refractivity (Wildman–Crippen MR) is 86.3 cm³/mol. The van der Waals surface area contributed by atoms with E-state index in [4.69, 9.17) is 11.6 Å². The Bertz CT molecular complexity index is 889. The molecule has 106 valence electrons. The first-order valence-corrected chi connectivity index (χ1v) is 7.98. The maximum absolute atomic E-state index is 12.4. The van der Waals surface area contributed by atoms with Crippen LogP contribution in [0.4, 0.5) is 5.69 Å². The topological polar surface area (TPSA) is 58.6 Å². The van der Waals surface area contributed by atoms with Gasteiger partial charge in [-0.15, -0.1) is 11.3 Å². The molecular weight excluding hydrogens is 306 g/mol. The number of quaternary nitrogens is 1. The Labute approximate surface area is 130 Å². The monoisotopic (exact) mass is 318 g/mol. The van der Waals surface area contributed by atoms with Gasteiger partial charge in [0.25, 0.3) is 0 Å². The summed E-state index contributed by atoms with van der Waals surface area (Å²) in [6, 6.07) is 7.97. The average molecular weight is 319 g/mol. The van der Waals surface area contributed by atoms with Crippen molar-refractivity contribution < 1.29 is 10.1 Å². The van der Waals surface area contributed by atoms with Crippen molar-refractivity contribution in [3.05, 3.63) is 34.3 Å². The minimum Gasteiger partial charge on any atom is -0.377 e. The zero-order chi connectivity index (χ0) is 14.6. The van der Waals surface area contributed by atoms with Crippen LogP contribution in [0.25, 0.3) is 21.0 Å². The molecule has 2 aromatic heterocycles. The van der Waals surface area contributed by atoms with Crippen molar-refractivity contribution in [1.82, 2.24) is 4.98 Å². The smallest absolute Gasteiger partial charge is 0.355 e. The molecule has 4 rings (SSSR count). The van der Waals surface area contributed by atoms with Gasteiger partial charge in [0.05, 0.1) is 17.7 Å². The zero-order valence-electron chi connectivity index (χ0n) is 11.3. The van der Waals surface area contributed by atoms with E-state index in [-0.39, 0.29) is 11.9 Å². The van der Waals surface area contributed by atoms with Crippen molar-refractivity contribution in [2.24, 2.45) is 0 Å². The summed E-state index contributed by atoms with van der Waals surface area (Å²) in [5, 5.41) is 7.82. The second-order valence-electron chi connectivity index (χ2n) is 5.33. The van der Waals surface area contributed by atoms with Gasteiger partial charge in [0.15, 0.2) is 4.88 Å². The molecule has 0 aliphatic carbocycles. The number of halogens is 1. The number of anilines is 1. The van der Waals surface area contributed by atoms with Crippen LogP contribution in [-0.2, 0) is 0 Å². The van der Waals surface area contributed by atoms with Crippen LogP contribution < -0.4 is 10.6 Å². The number of aromatic nitrogens is 1. The van der Waals surface area contributed by atoms with Crippen molar-refractivity contribution in [3.63, 3.8) is 0 Å². The molecule has 1 aliphatic heterocycles. The highest BCUT2D eigenvalue weighted by molar-refractivity contribution is 7.21. The van der Waals surface area contributed by atoms with E-state index in [1.165, 1.54) is 11.3 Å². The largest absolute Gasteiger partial charge is 0.377 e. The van der Waals surface area contributed by atoms with Gasteiger partial charge < -0.3 is 5.32 Å². The molecule has 0 bridgehead atoms. The molecule has 6 heteroatoms. The number of benzene rings is 1. The third-order valence-electron chi connectivity index (χ3n) is 3.75. The molecule has 3 heterocycles. The van der Waals surface area contributed by atoms with Gasteiger partial charge in [0.2, 0.25) is 0 Å². The van der Waals surface area contributed by atoms with Crippen LogP contribution in [-0.4, -0.2) is 23.5 Å². The normalized spacial score (nSPS) is 18.6. The maximum Gasteiger partial charge on any atom is 0.355 e. The Morgan fingerprint density at radius 3 is 3.10 bits per heavy atom. The summed E-state index contributed by atoms with van der Waals surface area (Å²) in [4.78, 5) is 17.5.